The van der Waals surface area contributed by atoms with Crippen LogP contribution < -0.4 is 14.4 Å². The molecule has 0 bridgehead atoms. The van der Waals surface area contributed by atoms with Crippen molar-refractivity contribution >= 4 is 11.5 Å². The summed E-state index contributed by atoms with van der Waals surface area (Å²) in [4.78, 5) is 18.8. The molecule has 0 radical (unpaired) electrons. The molecule has 0 spiro atoms. The highest BCUT2D eigenvalue weighted by molar-refractivity contribution is 5.93. The SMILES string of the molecule is CC(C)Oc1cc(N2CCC(Oc3ccc([C@H](C)CC(=O)c4ccno4)cc3)C2)ccn1. The molecule has 32 heavy (non-hydrogen) atoms. The molecular weight excluding hydrogens is 406 g/mol. The molecule has 0 aliphatic carbocycles. The number of pyridine rings is 1. The van der Waals surface area contributed by atoms with Crippen molar-refractivity contribution in [3.63, 3.8) is 0 Å². The number of rotatable bonds is 9. The fourth-order valence-electron chi connectivity index (χ4n) is 3.88. The van der Waals surface area contributed by atoms with E-state index in [-0.39, 0.29) is 23.9 Å². The van der Waals surface area contributed by atoms with Crippen LogP contribution in [0.25, 0.3) is 0 Å². The van der Waals surface area contributed by atoms with Crippen molar-refractivity contribution in [1.29, 1.82) is 0 Å². The number of benzene rings is 1. The van der Waals surface area contributed by atoms with Crippen LogP contribution in [0.5, 0.6) is 11.6 Å². The van der Waals surface area contributed by atoms with E-state index in [2.05, 4.69) is 15.0 Å². The zero-order chi connectivity index (χ0) is 22.5. The second-order valence-electron chi connectivity index (χ2n) is 8.47. The summed E-state index contributed by atoms with van der Waals surface area (Å²) in [5, 5.41) is 3.60. The number of hydrogen-bond donors (Lipinski definition) is 0. The van der Waals surface area contributed by atoms with Crippen molar-refractivity contribution in [3.05, 3.63) is 66.2 Å². The van der Waals surface area contributed by atoms with Crippen molar-refractivity contribution in [2.24, 2.45) is 0 Å². The summed E-state index contributed by atoms with van der Waals surface area (Å²) in [7, 11) is 0. The predicted molar refractivity (Wildman–Crippen MR) is 122 cm³/mol. The Morgan fingerprint density at radius 2 is 1.97 bits per heavy atom. The van der Waals surface area contributed by atoms with Gasteiger partial charge >= 0.3 is 0 Å². The van der Waals surface area contributed by atoms with E-state index >= 15 is 0 Å². The first kappa shape index (κ1) is 21.9. The summed E-state index contributed by atoms with van der Waals surface area (Å²) in [5.74, 6) is 1.83. The molecule has 1 aromatic carbocycles. The van der Waals surface area contributed by atoms with E-state index < -0.39 is 0 Å². The second-order valence-corrected chi connectivity index (χ2v) is 8.47. The summed E-state index contributed by atoms with van der Waals surface area (Å²) >= 11 is 0. The zero-order valence-electron chi connectivity index (χ0n) is 18.7. The van der Waals surface area contributed by atoms with Crippen LogP contribution in [0, 0.1) is 0 Å². The van der Waals surface area contributed by atoms with Gasteiger partial charge in [0.1, 0.15) is 11.9 Å². The molecule has 7 nitrogen and oxygen atoms in total. The van der Waals surface area contributed by atoms with Crippen LogP contribution in [0.4, 0.5) is 5.69 Å². The van der Waals surface area contributed by atoms with Gasteiger partial charge in [-0.2, -0.15) is 0 Å². The third-order valence-corrected chi connectivity index (χ3v) is 5.54. The van der Waals surface area contributed by atoms with Crippen molar-refractivity contribution in [1.82, 2.24) is 10.1 Å². The number of nitrogens with zero attached hydrogens (tertiary/aromatic N) is 3. The second kappa shape index (κ2) is 9.85. The van der Waals surface area contributed by atoms with E-state index in [0.29, 0.717) is 18.1 Å². The lowest BCUT2D eigenvalue weighted by atomic mass is 9.95. The molecule has 168 valence electrons. The molecule has 0 N–H and O–H groups in total. The van der Waals surface area contributed by atoms with Gasteiger partial charge in [0, 0.05) is 43.4 Å². The number of aromatic nitrogens is 2. The summed E-state index contributed by atoms with van der Waals surface area (Å²) in [6.45, 7) is 7.76. The van der Waals surface area contributed by atoms with Gasteiger partial charge in [-0.3, -0.25) is 4.79 Å². The van der Waals surface area contributed by atoms with E-state index in [1.54, 1.807) is 12.3 Å². The number of hydrogen-bond acceptors (Lipinski definition) is 7. The Hall–Kier alpha value is -3.35. The van der Waals surface area contributed by atoms with Crippen LogP contribution in [0.1, 0.15) is 55.6 Å². The number of anilines is 1. The van der Waals surface area contributed by atoms with Gasteiger partial charge in [0.05, 0.1) is 18.8 Å². The van der Waals surface area contributed by atoms with Crippen LogP contribution in [0.15, 0.2) is 59.4 Å². The summed E-state index contributed by atoms with van der Waals surface area (Å²) in [5.41, 5.74) is 2.19. The smallest absolute Gasteiger partial charge is 0.215 e. The molecule has 1 aliphatic rings. The van der Waals surface area contributed by atoms with Crippen LogP contribution in [-0.4, -0.2) is 41.2 Å². The minimum Gasteiger partial charge on any atom is -0.489 e. The number of carbonyl (C=O) groups is 1. The van der Waals surface area contributed by atoms with Crippen molar-refractivity contribution < 1.29 is 18.8 Å². The van der Waals surface area contributed by atoms with Crippen LogP contribution in [0.2, 0.25) is 0 Å². The lowest BCUT2D eigenvalue weighted by Gasteiger charge is -2.20. The molecule has 1 aliphatic heterocycles. The van der Waals surface area contributed by atoms with Gasteiger partial charge in [-0.1, -0.05) is 24.2 Å². The highest BCUT2D eigenvalue weighted by atomic mass is 16.5. The maximum atomic E-state index is 12.2. The van der Waals surface area contributed by atoms with Crippen LogP contribution >= 0.6 is 0 Å². The number of carbonyl (C=O) groups excluding carboxylic acids is 1. The van der Waals surface area contributed by atoms with Crippen molar-refractivity contribution in [3.8, 4) is 11.6 Å². The Kier molecular flexibility index (Phi) is 6.73. The maximum absolute atomic E-state index is 12.2. The molecule has 3 aromatic rings. The Bertz CT molecular complexity index is 1020. The first-order valence-corrected chi connectivity index (χ1v) is 11.1. The van der Waals surface area contributed by atoms with Gasteiger partial charge < -0.3 is 18.9 Å². The Morgan fingerprint density at radius 1 is 1.16 bits per heavy atom. The van der Waals surface area contributed by atoms with E-state index in [4.69, 9.17) is 14.0 Å². The van der Waals surface area contributed by atoms with E-state index in [1.165, 1.54) is 6.20 Å². The molecule has 1 fully saturated rings. The van der Waals surface area contributed by atoms with E-state index in [9.17, 15) is 4.79 Å². The van der Waals surface area contributed by atoms with E-state index in [0.717, 1.165) is 36.5 Å². The molecule has 0 saturated carbocycles. The molecule has 1 unspecified atom stereocenters. The molecule has 1 saturated heterocycles. The van der Waals surface area contributed by atoms with Crippen LogP contribution in [0.3, 0.4) is 0 Å². The van der Waals surface area contributed by atoms with Gasteiger partial charge in [0.15, 0.2) is 0 Å². The Morgan fingerprint density at radius 3 is 2.69 bits per heavy atom. The van der Waals surface area contributed by atoms with Gasteiger partial charge in [-0.15, -0.1) is 0 Å². The fourth-order valence-corrected chi connectivity index (χ4v) is 3.88. The third-order valence-electron chi connectivity index (χ3n) is 5.54. The molecule has 0 amide bonds. The molecule has 7 heteroatoms. The topological polar surface area (TPSA) is 77.7 Å². The van der Waals surface area contributed by atoms with Crippen LogP contribution in [-0.2, 0) is 0 Å². The largest absolute Gasteiger partial charge is 0.489 e. The standard InChI is InChI=1S/C25H29N3O4/c1-17(2)30-25-15-20(8-11-26-25)28-13-10-22(16-28)31-21-6-4-19(5-7-21)18(3)14-23(29)24-9-12-27-32-24/h4-9,11-12,15,17-18,22H,10,13-14,16H2,1-3H3/t18-,22?/m1/s1. The normalized spacial score (nSPS) is 16.9. The first-order valence-electron chi connectivity index (χ1n) is 11.1. The lowest BCUT2D eigenvalue weighted by molar-refractivity contribution is 0.0939. The third kappa shape index (κ3) is 5.46. The molecule has 3 heterocycles. The highest BCUT2D eigenvalue weighted by Gasteiger charge is 2.25. The Labute approximate surface area is 188 Å². The van der Waals surface area contributed by atoms with Crippen molar-refractivity contribution in [2.75, 3.05) is 18.0 Å². The summed E-state index contributed by atoms with van der Waals surface area (Å²) < 4.78 is 16.9. The highest BCUT2D eigenvalue weighted by Crippen LogP contribution is 2.28. The summed E-state index contributed by atoms with van der Waals surface area (Å²) in [6.07, 6.45) is 4.82. The monoisotopic (exact) mass is 435 g/mol. The number of ketones is 1. The Balaban J connectivity index is 1.31. The maximum Gasteiger partial charge on any atom is 0.215 e. The number of Topliss-reactive ketones (excluding diaryl/α,β-unsaturated/α-hetero) is 1. The molecular formula is C25H29N3O4. The van der Waals surface area contributed by atoms with E-state index in [1.807, 2.05) is 57.2 Å². The first-order chi connectivity index (χ1) is 15.5. The average molecular weight is 436 g/mol. The van der Waals surface area contributed by atoms with Gasteiger partial charge in [-0.25, -0.2) is 4.98 Å². The predicted octanol–water partition coefficient (Wildman–Crippen LogP) is 4.89. The number of ether oxygens (including phenoxy) is 2. The van der Waals surface area contributed by atoms with Gasteiger partial charge in [-0.05, 0) is 43.5 Å². The zero-order valence-corrected chi connectivity index (χ0v) is 18.7. The quantitative estimate of drug-likeness (QED) is 0.443. The molecule has 2 atom stereocenters. The average Bonchev–Trinajstić information content (AvgIpc) is 3.46. The minimum absolute atomic E-state index is 0.0422. The van der Waals surface area contributed by atoms with Gasteiger partial charge in [0.25, 0.3) is 0 Å². The van der Waals surface area contributed by atoms with Gasteiger partial charge in [0.2, 0.25) is 17.4 Å². The lowest BCUT2D eigenvalue weighted by Crippen LogP contribution is -2.24. The minimum atomic E-state index is -0.0422. The molecule has 4 rings (SSSR count). The molecule has 2 aromatic heterocycles. The fraction of sp³-hybridized carbons (Fsp3) is 0.400. The summed E-state index contributed by atoms with van der Waals surface area (Å²) in [6, 6.07) is 13.6. The van der Waals surface area contributed by atoms with Crippen molar-refractivity contribution in [2.45, 2.75) is 51.7 Å².